The van der Waals surface area contributed by atoms with Crippen LogP contribution < -0.4 is 0 Å². The average Bonchev–Trinajstić information content (AvgIpc) is 2.42. The van der Waals surface area contributed by atoms with Gasteiger partial charge in [-0.15, -0.1) is 0 Å². The molecule has 0 nitrogen and oxygen atoms in total. The van der Waals surface area contributed by atoms with E-state index in [1.54, 1.807) is 16.7 Å². The second-order valence-corrected chi connectivity index (χ2v) is 11.9. The molecule has 2 heteroatoms. The summed E-state index contributed by atoms with van der Waals surface area (Å²) in [4.78, 5) is 0. The molecule has 22 heavy (non-hydrogen) atoms. The van der Waals surface area contributed by atoms with Crippen LogP contribution >= 0.6 is 45.2 Å². The summed E-state index contributed by atoms with van der Waals surface area (Å²) in [6, 6.07) is 0. The summed E-state index contributed by atoms with van der Waals surface area (Å²) < 4.78 is 0.608. The smallest absolute Gasteiger partial charge is 0.0612 e. The highest BCUT2D eigenvalue weighted by Gasteiger charge is 2.49. The van der Waals surface area contributed by atoms with Crippen molar-refractivity contribution in [3.8, 4) is 0 Å². The molecule has 2 aliphatic rings. The lowest BCUT2D eigenvalue weighted by Gasteiger charge is -2.48. The van der Waals surface area contributed by atoms with E-state index >= 15 is 0 Å². The first-order chi connectivity index (χ1) is 10.2. The lowest BCUT2D eigenvalue weighted by molar-refractivity contribution is 0.406. The van der Waals surface area contributed by atoms with Crippen LogP contribution in [0.2, 0.25) is 0 Å². The molecule has 3 atom stereocenters. The molecule has 124 valence electrons. The van der Waals surface area contributed by atoms with Crippen LogP contribution in [-0.4, -0.2) is 6.84 Å². The fourth-order valence-electron chi connectivity index (χ4n) is 3.85. The summed E-state index contributed by atoms with van der Waals surface area (Å²) in [5, 5.41) is 0. The van der Waals surface area contributed by atoms with Crippen LogP contribution in [0.1, 0.15) is 73.1 Å². The van der Waals surface area contributed by atoms with Crippen LogP contribution in [0.25, 0.3) is 0 Å². The van der Waals surface area contributed by atoms with Gasteiger partial charge in [0.25, 0.3) is 0 Å². The number of rotatable bonds is 4. The maximum Gasteiger partial charge on any atom is 0.0612 e. The van der Waals surface area contributed by atoms with Crippen LogP contribution in [0.5, 0.6) is 0 Å². The number of allylic oxidation sites excluding steroid dienone is 6. The minimum Gasteiger partial charge on any atom is -0.0858 e. The summed E-state index contributed by atoms with van der Waals surface area (Å²) in [6.07, 6.45) is 12.7. The summed E-state index contributed by atoms with van der Waals surface area (Å²) in [6.45, 7) is 11.7. The van der Waals surface area contributed by atoms with E-state index < -0.39 is 0 Å². The van der Waals surface area contributed by atoms with E-state index in [2.05, 4.69) is 92.0 Å². The van der Waals surface area contributed by atoms with E-state index in [1.165, 1.54) is 44.1 Å². The number of alkyl halides is 2. The Bertz CT molecular complexity index is 518. The van der Waals surface area contributed by atoms with Crippen LogP contribution in [0, 0.1) is 5.92 Å². The van der Waals surface area contributed by atoms with Crippen molar-refractivity contribution in [2.75, 3.05) is 0 Å². The molecule has 0 spiro atoms. The van der Waals surface area contributed by atoms with E-state index in [0.717, 1.165) is 5.92 Å². The van der Waals surface area contributed by atoms with E-state index in [0.29, 0.717) is 6.84 Å². The van der Waals surface area contributed by atoms with E-state index in [4.69, 9.17) is 0 Å². The van der Waals surface area contributed by atoms with Crippen LogP contribution in [0.15, 0.2) is 34.4 Å². The number of hydrogen-bond donors (Lipinski definition) is 0. The van der Waals surface area contributed by atoms with Crippen molar-refractivity contribution in [3.05, 3.63) is 34.4 Å². The predicted octanol–water partition coefficient (Wildman–Crippen LogP) is 7.57. The highest BCUT2D eigenvalue weighted by Crippen LogP contribution is 2.57. The predicted molar refractivity (Wildman–Crippen MR) is 116 cm³/mol. The normalized spacial score (nSPS) is 31.2. The number of halogens is 2. The van der Waals surface area contributed by atoms with Crippen molar-refractivity contribution in [2.45, 2.75) is 80.0 Å². The van der Waals surface area contributed by atoms with Crippen LogP contribution in [-0.2, 0) is 0 Å². The van der Waals surface area contributed by atoms with E-state index in [1.807, 2.05) is 0 Å². The van der Waals surface area contributed by atoms with Gasteiger partial charge < -0.3 is 0 Å². The van der Waals surface area contributed by atoms with Gasteiger partial charge in [-0.3, -0.25) is 0 Å². The second kappa shape index (κ2) is 7.28. The van der Waals surface area contributed by atoms with Crippen molar-refractivity contribution in [3.63, 3.8) is 0 Å². The first-order valence-electron chi connectivity index (χ1n) is 8.59. The zero-order valence-corrected chi connectivity index (χ0v) is 19.0. The minimum atomic E-state index is 0.296. The van der Waals surface area contributed by atoms with Gasteiger partial charge in [0.15, 0.2) is 0 Å². The highest BCUT2D eigenvalue weighted by molar-refractivity contribution is 14.1. The van der Waals surface area contributed by atoms with E-state index in [-0.39, 0.29) is 0 Å². The standard InChI is InChI=1S/C20H30I2/c1-14(2)7-6-11-19(5,21)20(22)12-10-16(4)17-9-8-15(3)13-18(17)20/h7,13,16H,6,8-12H2,1-5H3/t16-,19-,20+/m0/s1. The SMILES string of the molecule is CC(C)=CCC[C@](C)(I)[C@@]1(I)CC[C@H](C)C2=C1C=C(C)CC2. The van der Waals surface area contributed by atoms with Gasteiger partial charge in [0.1, 0.15) is 0 Å². The third-order valence-electron chi connectivity index (χ3n) is 5.46. The molecular weight excluding hydrogens is 494 g/mol. The Balaban J connectivity index is 2.34. The molecule has 2 rings (SSSR count). The Kier molecular flexibility index (Phi) is 6.29. The Morgan fingerprint density at radius 2 is 2.09 bits per heavy atom. The lowest BCUT2D eigenvalue weighted by atomic mass is 9.68. The summed E-state index contributed by atoms with van der Waals surface area (Å²) in [5.41, 5.74) is 6.46. The molecule has 0 unspecified atom stereocenters. The largest absolute Gasteiger partial charge is 0.0858 e. The van der Waals surface area contributed by atoms with Gasteiger partial charge in [0, 0.05) is 3.42 Å². The minimum absolute atomic E-state index is 0.296. The summed E-state index contributed by atoms with van der Waals surface area (Å²) in [5.74, 6) is 0.784. The molecule has 0 fully saturated rings. The van der Waals surface area contributed by atoms with Gasteiger partial charge in [-0.1, -0.05) is 81.0 Å². The third kappa shape index (κ3) is 3.84. The molecule has 0 bridgehead atoms. The van der Waals surface area contributed by atoms with Crippen molar-refractivity contribution in [1.82, 2.24) is 0 Å². The fraction of sp³-hybridized carbons (Fsp3) is 0.700. The maximum atomic E-state index is 2.81. The average molecular weight is 524 g/mol. The molecular formula is C20H30I2. The monoisotopic (exact) mass is 524 g/mol. The lowest BCUT2D eigenvalue weighted by Crippen LogP contribution is -2.47. The maximum absolute atomic E-state index is 2.81. The topological polar surface area (TPSA) is 0 Å². The van der Waals surface area contributed by atoms with E-state index in [9.17, 15) is 0 Å². The third-order valence-corrected chi connectivity index (χ3v) is 10.3. The van der Waals surface area contributed by atoms with Gasteiger partial charge >= 0.3 is 0 Å². The molecule has 0 aromatic heterocycles. The van der Waals surface area contributed by atoms with Crippen molar-refractivity contribution < 1.29 is 0 Å². The van der Waals surface area contributed by atoms with Crippen molar-refractivity contribution >= 4 is 45.2 Å². The van der Waals surface area contributed by atoms with Gasteiger partial charge in [0.05, 0.1) is 3.42 Å². The number of hydrogen-bond acceptors (Lipinski definition) is 0. The molecule has 0 aromatic rings. The molecule has 0 aliphatic heterocycles. The summed E-state index contributed by atoms with van der Waals surface area (Å²) >= 11 is 5.58. The first kappa shape index (κ1) is 19.0. The summed E-state index contributed by atoms with van der Waals surface area (Å²) in [7, 11) is 0. The van der Waals surface area contributed by atoms with Gasteiger partial charge in [0.2, 0.25) is 0 Å². The van der Waals surface area contributed by atoms with Crippen LogP contribution in [0.4, 0.5) is 0 Å². The Hall–Kier alpha value is 0.680. The molecule has 0 amide bonds. The zero-order chi connectivity index (χ0) is 16.5. The highest BCUT2D eigenvalue weighted by atomic mass is 127. The van der Waals surface area contributed by atoms with Crippen LogP contribution in [0.3, 0.4) is 0 Å². The fourth-order valence-corrected chi connectivity index (χ4v) is 5.81. The second-order valence-electron chi connectivity index (χ2n) is 7.69. The molecule has 0 N–H and O–H groups in total. The Morgan fingerprint density at radius 3 is 2.73 bits per heavy atom. The van der Waals surface area contributed by atoms with Gasteiger partial charge in [-0.2, -0.15) is 0 Å². The zero-order valence-electron chi connectivity index (χ0n) is 14.7. The molecule has 0 aromatic carbocycles. The molecule has 2 aliphatic carbocycles. The molecule has 0 saturated carbocycles. The van der Waals surface area contributed by atoms with Gasteiger partial charge in [-0.25, -0.2) is 0 Å². The molecule has 0 heterocycles. The molecule has 0 radical (unpaired) electrons. The Morgan fingerprint density at radius 1 is 1.41 bits per heavy atom. The van der Waals surface area contributed by atoms with Crippen molar-refractivity contribution in [1.29, 1.82) is 0 Å². The quantitative estimate of drug-likeness (QED) is 0.202. The van der Waals surface area contributed by atoms with Gasteiger partial charge in [-0.05, 0) is 77.7 Å². The van der Waals surface area contributed by atoms with Crippen molar-refractivity contribution in [2.24, 2.45) is 5.92 Å². The first-order valence-corrected chi connectivity index (χ1v) is 10.7. The molecule has 0 saturated heterocycles. The Labute approximate surface area is 164 Å².